The number of halogens is 1. The van der Waals surface area contributed by atoms with Gasteiger partial charge in [0, 0.05) is 5.56 Å². The van der Waals surface area contributed by atoms with E-state index in [9.17, 15) is 4.79 Å². The van der Waals surface area contributed by atoms with E-state index in [4.69, 9.17) is 9.31 Å². The lowest BCUT2D eigenvalue weighted by Gasteiger charge is -2.32. The smallest absolute Gasteiger partial charge is 0.399 e. The summed E-state index contributed by atoms with van der Waals surface area (Å²) < 4.78 is 12.6. The fourth-order valence-electron chi connectivity index (χ4n) is 5.01. The first kappa shape index (κ1) is 24.9. The molecule has 33 heavy (non-hydrogen) atoms. The normalized spacial score (nSPS) is 22.3. The molecule has 2 aromatic carbocycles. The van der Waals surface area contributed by atoms with E-state index in [0.717, 1.165) is 23.7 Å². The van der Waals surface area contributed by atoms with E-state index in [1.54, 1.807) is 0 Å². The van der Waals surface area contributed by atoms with Crippen LogP contribution in [-0.2, 0) is 12.7 Å². The Hall–Kier alpha value is -1.18. The highest BCUT2D eigenvalue weighted by atomic mass is 127. The first-order valence-corrected chi connectivity index (χ1v) is 13.5. The molecule has 0 radical (unpaired) electrons. The van der Waals surface area contributed by atoms with E-state index in [2.05, 4.69) is 87.5 Å². The van der Waals surface area contributed by atoms with Gasteiger partial charge < -0.3 is 9.31 Å². The van der Waals surface area contributed by atoms with Crippen molar-refractivity contribution in [3.8, 4) is 11.1 Å². The van der Waals surface area contributed by atoms with Crippen LogP contribution in [-0.4, -0.2) is 24.6 Å². The summed E-state index contributed by atoms with van der Waals surface area (Å²) in [5, 5.41) is 0. The molecule has 2 aliphatic rings. The maximum Gasteiger partial charge on any atom is 0.494 e. The van der Waals surface area contributed by atoms with Gasteiger partial charge in [-0.2, -0.15) is 0 Å². The summed E-state index contributed by atoms with van der Waals surface area (Å²) in [4.78, 5) is 11.6. The molecule has 1 saturated heterocycles. The number of alkyl halides is 1. The van der Waals surface area contributed by atoms with Gasteiger partial charge in [0.15, 0.2) is 0 Å². The van der Waals surface area contributed by atoms with Crippen LogP contribution in [0.15, 0.2) is 36.4 Å². The van der Waals surface area contributed by atoms with Gasteiger partial charge in [-0.15, -0.1) is 0 Å². The lowest BCUT2D eigenvalue weighted by molar-refractivity contribution is 0.00578. The predicted molar refractivity (Wildman–Crippen MR) is 146 cm³/mol. The van der Waals surface area contributed by atoms with Crippen LogP contribution in [0.2, 0.25) is 0 Å². The topological polar surface area (TPSA) is 35.5 Å². The highest BCUT2D eigenvalue weighted by Crippen LogP contribution is 2.55. The quantitative estimate of drug-likeness (QED) is 0.107. The van der Waals surface area contributed by atoms with Crippen LogP contribution >= 0.6 is 22.6 Å². The summed E-state index contributed by atoms with van der Waals surface area (Å²) in [6.45, 7) is 10.6. The van der Waals surface area contributed by atoms with Crippen LogP contribution in [0.3, 0.4) is 0 Å². The first-order chi connectivity index (χ1) is 15.6. The Labute approximate surface area is 213 Å². The number of carbonyl (C=O) groups excluding carboxylic acids is 1. The van der Waals surface area contributed by atoms with E-state index < -0.39 is 0 Å². The van der Waals surface area contributed by atoms with Crippen LogP contribution in [0, 0.1) is 0 Å². The summed E-state index contributed by atoms with van der Waals surface area (Å²) >= 11 is 2.65. The van der Waals surface area contributed by atoms with Gasteiger partial charge in [0.05, 0.1) is 14.6 Å². The molecule has 0 bridgehead atoms. The molecule has 0 saturated carbocycles. The minimum atomic E-state index is -0.371. The Morgan fingerprint density at radius 2 is 1.42 bits per heavy atom. The summed E-state index contributed by atoms with van der Waals surface area (Å²) in [6.07, 6.45) is 9.66. The second kappa shape index (κ2) is 9.46. The van der Waals surface area contributed by atoms with Gasteiger partial charge in [-0.1, -0.05) is 98.4 Å². The van der Waals surface area contributed by atoms with Gasteiger partial charge in [0.1, 0.15) is 6.29 Å². The maximum absolute atomic E-state index is 11.6. The second-order valence-electron chi connectivity index (χ2n) is 10.6. The molecule has 5 heteroatoms. The predicted octanol–water partition coefficient (Wildman–Crippen LogP) is 7.21. The maximum atomic E-state index is 11.6. The van der Waals surface area contributed by atoms with Crippen molar-refractivity contribution < 1.29 is 14.1 Å². The SMILES string of the molecule is CCCCCCCCC1(I)c2cc(C=O)ccc2-c2ccc(B3OC(C)(C)C(C)(C)O3)cc21. The van der Waals surface area contributed by atoms with Crippen LogP contribution in [0.4, 0.5) is 0 Å². The number of benzene rings is 2. The summed E-state index contributed by atoms with van der Waals surface area (Å²) in [5.74, 6) is 0. The summed E-state index contributed by atoms with van der Waals surface area (Å²) in [5.41, 5.74) is 6.19. The third-order valence-electron chi connectivity index (χ3n) is 7.77. The molecule has 1 aliphatic heterocycles. The van der Waals surface area contributed by atoms with Crippen molar-refractivity contribution >= 4 is 41.5 Å². The molecule has 0 spiro atoms. The molecule has 1 unspecified atom stereocenters. The van der Waals surface area contributed by atoms with Crippen LogP contribution in [0.5, 0.6) is 0 Å². The molecule has 0 amide bonds. The highest BCUT2D eigenvalue weighted by Gasteiger charge is 2.52. The zero-order valence-corrected chi connectivity index (χ0v) is 22.8. The van der Waals surface area contributed by atoms with E-state index >= 15 is 0 Å². The molecule has 1 fully saturated rings. The number of carbonyl (C=O) groups is 1. The Kier molecular flexibility index (Phi) is 7.15. The minimum absolute atomic E-state index is 0.147. The first-order valence-electron chi connectivity index (χ1n) is 12.4. The highest BCUT2D eigenvalue weighted by molar-refractivity contribution is 14.1. The van der Waals surface area contributed by atoms with Gasteiger partial charge >= 0.3 is 7.12 Å². The molecule has 0 N–H and O–H groups in total. The molecule has 2 aromatic rings. The average Bonchev–Trinajstić information content (AvgIpc) is 3.16. The lowest BCUT2D eigenvalue weighted by Crippen LogP contribution is -2.41. The van der Waals surface area contributed by atoms with Crippen molar-refractivity contribution in [1.82, 2.24) is 0 Å². The van der Waals surface area contributed by atoms with Crippen molar-refractivity contribution in [2.75, 3.05) is 0 Å². The fraction of sp³-hybridized carbons (Fsp3) is 0.536. The van der Waals surface area contributed by atoms with Gasteiger partial charge in [-0.3, -0.25) is 4.79 Å². The largest absolute Gasteiger partial charge is 0.494 e. The molecule has 4 rings (SSSR count). The minimum Gasteiger partial charge on any atom is -0.399 e. The molecular formula is C28H36BIO3. The third kappa shape index (κ3) is 4.57. The fourth-order valence-corrected chi connectivity index (χ4v) is 6.29. The van der Waals surface area contributed by atoms with Crippen LogP contribution in [0.25, 0.3) is 11.1 Å². The number of aldehydes is 1. The zero-order valence-electron chi connectivity index (χ0n) is 20.7. The monoisotopic (exact) mass is 558 g/mol. The van der Waals surface area contributed by atoms with Crippen LogP contribution < -0.4 is 5.46 Å². The Morgan fingerprint density at radius 3 is 2.06 bits per heavy atom. The lowest BCUT2D eigenvalue weighted by atomic mass is 9.76. The average molecular weight is 558 g/mol. The van der Waals surface area contributed by atoms with E-state index in [1.165, 1.54) is 60.8 Å². The number of rotatable bonds is 9. The second-order valence-corrected chi connectivity index (χ2v) is 12.5. The van der Waals surface area contributed by atoms with E-state index in [-0.39, 0.29) is 21.7 Å². The number of hydrogen-bond acceptors (Lipinski definition) is 3. The number of unbranched alkanes of at least 4 members (excludes halogenated alkanes) is 5. The van der Waals surface area contributed by atoms with Crippen LogP contribution in [0.1, 0.15) is 101 Å². The molecule has 1 aliphatic carbocycles. The molecule has 3 nitrogen and oxygen atoms in total. The number of hydrogen-bond donors (Lipinski definition) is 0. The van der Waals surface area contributed by atoms with Crippen molar-refractivity contribution in [2.24, 2.45) is 0 Å². The standard InChI is InChI=1S/C28H36BIO3/c1-6-7-8-9-10-11-16-28(30)24-17-20(19-31)12-14-22(24)23-15-13-21(18-25(23)28)29-32-26(2,3)27(4,5)33-29/h12-15,17-19H,6-11,16H2,1-5H3. The Bertz CT molecular complexity index is 1020. The van der Waals surface area contributed by atoms with Crippen molar-refractivity contribution in [2.45, 2.75) is 94.2 Å². The molecular weight excluding hydrogens is 522 g/mol. The third-order valence-corrected chi connectivity index (χ3v) is 9.47. The van der Waals surface area contributed by atoms with Gasteiger partial charge in [0.25, 0.3) is 0 Å². The summed E-state index contributed by atoms with van der Waals surface area (Å²) in [7, 11) is -0.371. The van der Waals surface area contributed by atoms with E-state index in [1.807, 2.05) is 6.07 Å². The Morgan fingerprint density at radius 1 is 0.848 bits per heavy atom. The summed E-state index contributed by atoms with van der Waals surface area (Å²) in [6, 6.07) is 12.8. The van der Waals surface area contributed by atoms with Crippen molar-refractivity contribution in [1.29, 1.82) is 0 Å². The molecule has 1 heterocycles. The number of fused-ring (bicyclic) bond motifs is 3. The van der Waals surface area contributed by atoms with Gasteiger partial charge in [-0.25, -0.2) is 0 Å². The molecule has 1 atom stereocenters. The van der Waals surface area contributed by atoms with E-state index in [0.29, 0.717) is 0 Å². The van der Waals surface area contributed by atoms with Gasteiger partial charge in [-0.05, 0) is 67.9 Å². The molecule has 0 aromatic heterocycles. The molecule has 176 valence electrons. The van der Waals surface area contributed by atoms with Crippen molar-refractivity contribution in [3.63, 3.8) is 0 Å². The zero-order chi connectivity index (χ0) is 23.9. The van der Waals surface area contributed by atoms with Crippen molar-refractivity contribution in [3.05, 3.63) is 53.1 Å². The van der Waals surface area contributed by atoms with Gasteiger partial charge in [0.2, 0.25) is 0 Å². The Balaban J connectivity index is 1.67.